The molecule has 6 nitrogen and oxygen atoms in total. The highest BCUT2D eigenvalue weighted by atomic mass is 16.5. The fourth-order valence-corrected chi connectivity index (χ4v) is 3.00. The molecule has 0 aromatic heterocycles. The molecule has 0 bridgehead atoms. The Morgan fingerprint density at radius 3 is 2.36 bits per heavy atom. The monoisotopic (exact) mass is 446 g/mol. The van der Waals surface area contributed by atoms with Crippen LogP contribution in [0.2, 0.25) is 0 Å². The van der Waals surface area contributed by atoms with Crippen molar-refractivity contribution in [3.8, 4) is 17.2 Å². The first-order valence-corrected chi connectivity index (χ1v) is 11.2. The number of hydrogen-bond donors (Lipinski definition) is 1. The quantitative estimate of drug-likeness (QED) is 0.290. The van der Waals surface area contributed by atoms with Crippen molar-refractivity contribution < 1.29 is 19.0 Å². The highest BCUT2D eigenvalue weighted by Crippen LogP contribution is 2.24. The maximum Gasteiger partial charge on any atom is 0.275 e. The molecule has 3 aromatic carbocycles. The minimum absolute atomic E-state index is 0.353. The molecular formula is C27H30N2O4. The van der Waals surface area contributed by atoms with Crippen LogP contribution in [0.1, 0.15) is 48.2 Å². The predicted molar refractivity (Wildman–Crippen MR) is 130 cm³/mol. The molecule has 0 aliphatic heterocycles. The maximum atomic E-state index is 12.7. The second-order valence-electron chi connectivity index (χ2n) is 7.37. The summed E-state index contributed by atoms with van der Waals surface area (Å²) in [6.45, 7) is 5.70. The Balaban J connectivity index is 1.67. The summed E-state index contributed by atoms with van der Waals surface area (Å²) in [5, 5.41) is 4.14. The molecule has 0 fully saturated rings. The fraction of sp³-hybridized carbons (Fsp3) is 0.259. The molecule has 3 rings (SSSR count). The van der Waals surface area contributed by atoms with E-state index in [1.807, 2.05) is 61.5 Å². The van der Waals surface area contributed by atoms with Crippen molar-refractivity contribution in [1.29, 1.82) is 0 Å². The lowest BCUT2D eigenvalue weighted by atomic mass is 10.2. The van der Waals surface area contributed by atoms with Gasteiger partial charge in [0.15, 0.2) is 0 Å². The summed E-state index contributed by atoms with van der Waals surface area (Å²) in [5.74, 6) is 1.55. The van der Waals surface area contributed by atoms with Crippen LogP contribution >= 0.6 is 0 Å². The van der Waals surface area contributed by atoms with Gasteiger partial charge in [-0.1, -0.05) is 56.3 Å². The second-order valence-corrected chi connectivity index (χ2v) is 7.37. The minimum Gasteiger partial charge on any atom is -0.493 e. The fourth-order valence-electron chi connectivity index (χ4n) is 3.00. The van der Waals surface area contributed by atoms with E-state index in [4.69, 9.17) is 14.2 Å². The third kappa shape index (κ3) is 7.38. The molecule has 0 spiro atoms. The Hall–Kier alpha value is -3.80. The summed E-state index contributed by atoms with van der Waals surface area (Å²) < 4.78 is 17.4. The molecule has 0 saturated heterocycles. The molecule has 0 aliphatic rings. The number of carbonyl (C=O) groups is 1. The largest absolute Gasteiger partial charge is 0.493 e. The molecule has 172 valence electrons. The van der Waals surface area contributed by atoms with Crippen molar-refractivity contribution in [2.24, 2.45) is 5.10 Å². The number of ether oxygens (including phenoxy) is 3. The molecular weight excluding hydrogens is 416 g/mol. The van der Waals surface area contributed by atoms with Crippen molar-refractivity contribution in [2.45, 2.75) is 33.3 Å². The van der Waals surface area contributed by atoms with Gasteiger partial charge in [0.1, 0.15) is 23.9 Å². The Morgan fingerprint density at radius 2 is 1.58 bits per heavy atom. The molecule has 0 atom stereocenters. The van der Waals surface area contributed by atoms with Crippen molar-refractivity contribution in [1.82, 2.24) is 5.43 Å². The average molecular weight is 447 g/mol. The summed E-state index contributed by atoms with van der Waals surface area (Å²) >= 11 is 0. The Labute approximate surface area is 195 Å². The van der Waals surface area contributed by atoms with Gasteiger partial charge >= 0.3 is 0 Å². The van der Waals surface area contributed by atoms with E-state index in [1.54, 1.807) is 24.4 Å². The van der Waals surface area contributed by atoms with Crippen LogP contribution in [0, 0.1) is 0 Å². The molecule has 6 heteroatoms. The number of nitrogens with one attached hydrogen (secondary N) is 1. The van der Waals surface area contributed by atoms with Crippen molar-refractivity contribution in [2.75, 3.05) is 13.2 Å². The third-order valence-corrected chi connectivity index (χ3v) is 4.66. The molecule has 1 amide bonds. The predicted octanol–water partition coefficient (Wildman–Crippen LogP) is 5.61. The van der Waals surface area contributed by atoms with Crippen LogP contribution in [0.15, 0.2) is 77.9 Å². The van der Waals surface area contributed by atoms with Crippen molar-refractivity contribution in [3.63, 3.8) is 0 Å². The lowest BCUT2D eigenvalue weighted by molar-refractivity contribution is 0.0950. The van der Waals surface area contributed by atoms with Gasteiger partial charge in [0.05, 0.1) is 25.0 Å². The first-order valence-electron chi connectivity index (χ1n) is 11.2. The first kappa shape index (κ1) is 23.9. The SMILES string of the molecule is CCCOc1ccc(/C=N/NC(=O)c2ccccc2OCc2ccccc2)c(OCCC)c1. The van der Waals surface area contributed by atoms with Crippen LogP contribution in [0.5, 0.6) is 17.2 Å². The smallest absolute Gasteiger partial charge is 0.275 e. The average Bonchev–Trinajstić information content (AvgIpc) is 2.86. The lowest BCUT2D eigenvalue weighted by Gasteiger charge is -2.12. The topological polar surface area (TPSA) is 69.2 Å². The van der Waals surface area contributed by atoms with E-state index in [-0.39, 0.29) is 5.91 Å². The summed E-state index contributed by atoms with van der Waals surface area (Å²) in [4.78, 5) is 12.7. The lowest BCUT2D eigenvalue weighted by Crippen LogP contribution is -2.18. The van der Waals surface area contributed by atoms with E-state index in [0.717, 1.165) is 29.7 Å². The molecule has 0 radical (unpaired) electrons. The van der Waals surface area contributed by atoms with Gasteiger partial charge < -0.3 is 14.2 Å². The van der Waals surface area contributed by atoms with E-state index >= 15 is 0 Å². The highest BCUT2D eigenvalue weighted by molar-refractivity contribution is 5.97. The van der Waals surface area contributed by atoms with Gasteiger partial charge in [-0.25, -0.2) is 5.43 Å². The van der Waals surface area contributed by atoms with Crippen molar-refractivity contribution >= 4 is 12.1 Å². The standard InChI is InChI=1S/C27H30N2O4/c1-3-16-31-23-15-14-22(26(18-23)32-17-4-2)19-28-29-27(30)24-12-8-9-13-25(24)33-20-21-10-6-5-7-11-21/h5-15,18-19H,3-4,16-17,20H2,1-2H3,(H,29,30)/b28-19+. The normalized spacial score (nSPS) is 10.7. The van der Waals surface area contributed by atoms with Gasteiger partial charge in [0, 0.05) is 11.6 Å². The summed E-state index contributed by atoms with van der Waals surface area (Å²) in [6.07, 6.45) is 3.38. The van der Waals surface area contributed by atoms with Gasteiger partial charge in [-0.15, -0.1) is 0 Å². The third-order valence-electron chi connectivity index (χ3n) is 4.66. The van der Waals surface area contributed by atoms with Gasteiger partial charge in [0.2, 0.25) is 0 Å². The van der Waals surface area contributed by atoms with Crippen LogP contribution in [-0.2, 0) is 6.61 Å². The molecule has 33 heavy (non-hydrogen) atoms. The van der Waals surface area contributed by atoms with Gasteiger partial charge in [-0.3, -0.25) is 4.79 Å². The van der Waals surface area contributed by atoms with E-state index < -0.39 is 0 Å². The number of benzene rings is 3. The van der Waals surface area contributed by atoms with Gasteiger partial charge in [0.25, 0.3) is 5.91 Å². The zero-order chi connectivity index (χ0) is 23.3. The van der Waals surface area contributed by atoms with Crippen LogP contribution in [-0.4, -0.2) is 25.3 Å². The van der Waals surface area contributed by atoms with E-state index in [1.165, 1.54) is 0 Å². The summed E-state index contributed by atoms with van der Waals surface area (Å²) in [5.41, 5.74) is 4.77. The maximum absolute atomic E-state index is 12.7. The number of hydrogen-bond acceptors (Lipinski definition) is 5. The van der Waals surface area contributed by atoms with E-state index in [0.29, 0.717) is 36.9 Å². The van der Waals surface area contributed by atoms with Crippen LogP contribution in [0.25, 0.3) is 0 Å². The minimum atomic E-state index is -0.353. The Kier molecular flexibility index (Phi) is 9.33. The van der Waals surface area contributed by atoms with E-state index in [2.05, 4.69) is 17.5 Å². The van der Waals surface area contributed by atoms with E-state index in [9.17, 15) is 4.79 Å². The molecule has 1 N–H and O–H groups in total. The molecule has 0 heterocycles. The number of carbonyl (C=O) groups excluding carboxylic acids is 1. The molecule has 3 aromatic rings. The second kappa shape index (κ2) is 12.9. The van der Waals surface area contributed by atoms with Gasteiger partial charge in [-0.05, 0) is 42.7 Å². The summed E-state index contributed by atoms with van der Waals surface area (Å²) in [6, 6.07) is 22.5. The molecule has 0 aliphatic carbocycles. The number of nitrogens with zero attached hydrogens (tertiary/aromatic N) is 1. The Morgan fingerprint density at radius 1 is 0.848 bits per heavy atom. The number of para-hydroxylation sites is 1. The summed E-state index contributed by atoms with van der Waals surface area (Å²) in [7, 11) is 0. The number of rotatable bonds is 12. The number of hydrazone groups is 1. The zero-order valence-electron chi connectivity index (χ0n) is 19.1. The Bertz CT molecular complexity index is 1050. The highest BCUT2D eigenvalue weighted by Gasteiger charge is 2.12. The first-order chi connectivity index (χ1) is 16.2. The van der Waals surface area contributed by atoms with Gasteiger partial charge in [-0.2, -0.15) is 5.10 Å². The zero-order valence-corrected chi connectivity index (χ0v) is 19.1. The van der Waals surface area contributed by atoms with Crippen molar-refractivity contribution in [3.05, 3.63) is 89.5 Å². The molecule has 0 saturated carbocycles. The molecule has 0 unspecified atom stereocenters. The van der Waals surface area contributed by atoms with Crippen LogP contribution < -0.4 is 19.6 Å². The number of amides is 1. The van der Waals surface area contributed by atoms with Crippen LogP contribution in [0.4, 0.5) is 0 Å². The van der Waals surface area contributed by atoms with Crippen LogP contribution in [0.3, 0.4) is 0 Å².